The molecular formula is C13H20Cl2N2O2S. The summed E-state index contributed by atoms with van der Waals surface area (Å²) in [6.07, 6.45) is 1.28. The van der Waals surface area contributed by atoms with Crippen molar-refractivity contribution >= 4 is 33.2 Å². The summed E-state index contributed by atoms with van der Waals surface area (Å²) in [6, 6.07) is 4.80. The number of sulfonamides is 1. The van der Waals surface area contributed by atoms with Gasteiger partial charge in [-0.3, -0.25) is 0 Å². The number of benzene rings is 1. The smallest absolute Gasteiger partial charge is 0.216 e. The average Bonchev–Trinajstić information content (AvgIpc) is 2.40. The highest BCUT2D eigenvalue weighted by molar-refractivity contribution is 7.88. The van der Waals surface area contributed by atoms with Crippen molar-refractivity contribution in [1.82, 2.24) is 4.72 Å². The maximum Gasteiger partial charge on any atom is 0.216 e. The molecule has 1 aromatic carbocycles. The molecule has 0 fully saturated rings. The summed E-state index contributed by atoms with van der Waals surface area (Å²) in [4.78, 5) is 0. The van der Waals surface area contributed by atoms with Crippen LogP contribution in [0.2, 0.25) is 10.0 Å². The van der Waals surface area contributed by atoms with Crippen molar-refractivity contribution in [2.75, 3.05) is 6.54 Å². The van der Waals surface area contributed by atoms with Crippen LogP contribution >= 0.6 is 23.2 Å². The van der Waals surface area contributed by atoms with Crippen LogP contribution in [-0.2, 0) is 15.8 Å². The van der Waals surface area contributed by atoms with Gasteiger partial charge in [0, 0.05) is 12.1 Å². The van der Waals surface area contributed by atoms with Gasteiger partial charge >= 0.3 is 0 Å². The Kier molecular flexibility index (Phi) is 6.28. The van der Waals surface area contributed by atoms with Crippen LogP contribution in [-0.4, -0.2) is 20.5 Å². The molecule has 7 heteroatoms. The largest absolute Gasteiger partial charge is 0.329 e. The van der Waals surface area contributed by atoms with E-state index in [0.29, 0.717) is 28.5 Å². The van der Waals surface area contributed by atoms with Gasteiger partial charge in [0.15, 0.2) is 0 Å². The van der Waals surface area contributed by atoms with Crippen molar-refractivity contribution in [3.63, 3.8) is 0 Å². The van der Waals surface area contributed by atoms with Gasteiger partial charge < -0.3 is 5.73 Å². The Bertz CT molecular complexity index is 549. The van der Waals surface area contributed by atoms with Gasteiger partial charge in [0.05, 0.1) is 15.8 Å². The Morgan fingerprint density at radius 3 is 2.25 bits per heavy atom. The van der Waals surface area contributed by atoms with Crippen molar-refractivity contribution in [2.45, 2.75) is 38.0 Å². The summed E-state index contributed by atoms with van der Waals surface area (Å²) in [6.45, 7) is 4.09. The third-order valence-corrected chi connectivity index (χ3v) is 5.65. The molecule has 0 aliphatic heterocycles. The standard InChI is InChI=1S/C13H20Cl2N2O2S/c1-3-13(4-2,9-16)17-20(18,19)8-10-5-6-11(14)12(15)7-10/h5-7,17H,3-4,8-9,16H2,1-2H3. The Balaban J connectivity index is 2.92. The second kappa shape index (κ2) is 7.09. The van der Waals surface area contributed by atoms with Crippen molar-refractivity contribution in [1.29, 1.82) is 0 Å². The highest BCUT2D eigenvalue weighted by Gasteiger charge is 2.29. The van der Waals surface area contributed by atoms with Gasteiger partial charge in [0.1, 0.15) is 0 Å². The third kappa shape index (κ3) is 4.60. The number of hydrogen-bond acceptors (Lipinski definition) is 3. The monoisotopic (exact) mass is 338 g/mol. The lowest BCUT2D eigenvalue weighted by atomic mass is 9.95. The predicted molar refractivity (Wildman–Crippen MR) is 84.6 cm³/mol. The van der Waals surface area contributed by atoms with E-state index >= 15 is 0 Å². The maximum atomic E-state index is 12.2. The minimum absolute atomic E-state index is 0.147. The Morgan fingerprint density at radius 1 is 1.20 bits per heavy atom. The van der Waals surface area contributed by atoms with E-state index in [0.717, 1.165) is 0 Å². The minimum Gasteiger partial charge on any atom is -0.329 e. The molecule has 0 amide bonds. The van der Waals surface area contributed by atoms with Crippen molar-refractivity contribution < 1.29 is 8.42 Å². The molecular weight excluding hydrogens is 319 g/mol. The van der Waals surface area contributed by atoms with E-state index in [9.17, 15) is 8.42 Å². The average molecular weight is 339 g/mol. The second-order valence-corrected chi connectivity index (χ2v) is 7.34. The fourth-order valence-corrected chi connectivity index (χ4v) is 3.98. The first-order valence-electron chi connectivity index (χ1n) is 6.43. The molecule has 0 unspecified atom stereocenters. The molecule has 1 aromatic rings. The van der Waals surface area contributed by atoms with E-state index in [-0.39, 0.29) is 12.3 Å². The Hall–Kier alpha value is -0.330. The topological polar surface area (TPSA) is 72.2 Å². The molecule has 3 N–H and O–H groups in total. The highest BCUT2D eigenvalue weighted by Crippen LogP contribution is 2.24. The Labute approximate surface area is 130 Å². The second-order valence-electron chi connectivity index (χ2n) is 4.80. The molecule has 0 bridgehead atoms. The summed E-state index contributed by atoms with van der Waals surface area (Å²) < 4.78 is 27.2. The fraction of sp³-hybridized carbons (Fsp3) is 0.538. The zero-order chi connectivity index (χ0) is 15.4. The van der Waals surface area contributed by atoms with Crippen LogP contribution in [0.25, 0.3) is 0 Å². The number of rotatable bonds is 7. The Morgan fingerprint density at radius 2 is 1.80 bits per heavy atom. The normalized spacial score (nSPS) is 12.7. The zero-order valence-electron chi connectivity index (χ0n) is 11.6. The summed E-state index contributed by atoms with van der Waals surface area (Å²) in [5.41, 5.74) is 5.71. The van der Waals surface area contributed by atoms with E-state index in [1.165, 1.54) is 0 Å². The van der Waals surface area contributed by atoms with Crippen LogP contribution in [0.5, 0.6) is 0 Å². The molecule has 0 spiro atoms. The van der Waals surface area contributed by atoms with Crippen LogP contribution in [0, 0.1) is 0 Å². The lowest BCUT2D eigenvalue weighted by molar-refractivity contribution is 0.363. The molecule has 1 rings (SSSR count). The highest BCUT2D eigenvalue weighted by atomic mass is 35.5. The quantitative estimate of drug-likeness (QED) is 0.802. The minimum atomic E-state index is -3.49. The van der Waals surface area contributed by atoms with Gasteiger partial charge in [-0.1, -0.05) is 43.1 Å². The van der Waals surface area contributed by atoms with Crippen LogP contribution in [0.15, 0.2) is 18.2 Å². The lowest BCUT2D eigenvalue weighted by Gasteiger charge is -2.31. The van der Waals surface area contributed by atoms with E-state index in [4.69, 9.17) is 28.9 Å². The first kappa shape index (κ1) is 17.7. The molecule has 0 radical (unpaired) electrons. The van der Waals surface area contributed by atoms with Gasteiger partial charge in [0.25, 0.3) is 0 Å². The molecule has 0 heterocycles. The molecule has 0 aliphatic rings. The molecule has 0 saturated carbocycles. The molecule has 0 aliphatic carbocycles. The van der Waals surface area contributed by atoms with E-state index in [2.05, 4.69) is 4.72 Å². The van der Waals surface area contributed by atoms with Crippen LogP contribution < -0.4 is 10.5 Å². The first-order chi connectivity index (χ1) is 9.27. The van der Waals surface area contributed by atoms with E-state index < -0.39 is 15.6 Å². The number of hydrogen-bond donors (Lipinski definition) is 2. The van der Waals surface area contributed by atoms with Crippen molar-refractivity contribution in [3.05, 3.63) is 33.8 Å². The number of nitrogens with one attached hydrogen (secondary N) is 1. The number of halogens is 2. The molecule has 20 heavy (non-hydrogen) atoms. The summed E-state index contributed by atoms with van der Waals surface area (Å²) in [5.74, 6) is -0.147. The molecule has 0 aromatic heterocycles. The molecule has 114 valence electrons. The van der Waals surface area contributed by atoms with Crippen LogP contribution in [0.4, 0.5) is 0 Å². The molecule has 4 nitrogen and oxygen atoms in total. The fourth-order valence-electron chi connectivity index (χ4n) is 1.94. The van der Waals surface area contributed by atoms with Gasteiger partial charge in [-0.05, 0) is 30.5 Å². The van der Waals surface area contributed by atoms with Crippen molar-refractivity contribution in [3.8, 4) is 0 Å². The molecule has 0 saturated heterocycles. The maximum absolute atomic E-state index is 12.2. The van der Waals surface area contributed by atoms with Gasteiger partial charge in [0.2, 0.25) is 10.0 Å². The summed E-state index contributed by atoms with van der Waals surface area (Å²) >= 11 is 11.7. The zero-order valence-corrected chi connectivity index (χ0v) is 13.9. The van der Waals surface area contributed by atoms with Gasteiger partial charge in [-0.2, -0.15) is 0 Å². The summed E-state index contributed by atoms with van der Waals surface area (Å²) in [7, 11) is -3.49. The van der Waals surface area contributed by atoms with E-state index in [1.807, 2.05) is 13.8 Å². The van der Waals surface area contributed by atoms with Crippen LogP contribution in [0.1, 0.15) is 32.3 Å². The SMILES string of the molecule is CCC(CC)(CN)NS(=O)(=O)Cc1ccc(Cl)c(Cl)c1. The van der Waals surface area contributed by atoms with Gasteiger partial charge in [-0.25, -0.2) is 13.1 Å². The van der Waals surface area contributed by atoms with E-state index in [1.54, 1.807) is 18.2 Å². The predicted octanol–water partition coefficient (Wildman–Crippen LogP) is 2.93. The lowest BCUT2D eigenvalue weighted by Crippen LogP contribution is -2.53. The number of nitrogens with two attached hydrogens (primary N) is 1. The first-order valence-corrected chi connectivity index (χ1v) is 8.84. The van der Waals surface area contributed by atoms with Crippen LogP contribution in [0.3, 0.4) is 0 Å². The summed E-state index contributed by atoms with van der Waals surface area (Å²) in [5, 5.41) is 0.745. The molecule has 0 atom stereocenters. The van der Waals surface area contributed by atoms with Crippen molar-refractivity contribution in [2.24, 2.45) is 5.73 Å². The third-order valence-electron chi connectivity index (χ3n) is 3.46. The van der Waals surface area contributed by atoms with Gasteiger partial charge in [-0.15, -0.1) is 0 Å².